The quantitative estimate of drug-likeness (QED) is 0.828. The summed E-state index contributed by atoms with van der Waals surface area (Å²) in [5, 5.41) is 8.11. The van der Waals surface area contributed by atoms with Crippen LogP contribution in [0.15, 0.2) is 0 Å². The maximum atomic E-state index is 6.23. The zero-order valence-corrected chi connectivity index (χ0v) is 12.3. The van der Waals surface area contributed by atoms with E-state index in [0.717, 1.165) is 41.5 Å². The molecule has 3 N–H and O–H groups in total. The van der Waals surface area contributed by atoms with E-state index in [-0.39, 0.29) is 0 Å². The van der Waals surface area contributed by atoms with Crippen molar-refractivity contribution in [2.75, 3.05) is 17.6 Å². The first-order valence-corrected chi connectivity index (χ1v) is 7.64. The highest BCUT2D eigenvalue weighted by molar-refractivity contribution is 5.65. The average Bonchev–Trinajstić information content (AvgIpc) is 3.24. The van der Waals surface area contributed by atoms with Crippen LogP contribution in [0.5, 0.6) is 0 Å². The summed E-state index contributed by atoms with van der Waals surface area (Å²) >= 11 is 0. The molecule has 1 heterocycles. The molecule has 0 spiro atoms. The molecule has 4 heteroatoms. The summed E-state index contributed by atoms with van der Waals surface area (Å²) in [7, 11) is 1.98. The third-order valence-electron chi connectivity index (χ3n) is 4.62. The van der Waals surface area contributed by atoms with Crippen LogP contribution in [0.4, 0.5) is 11.5 Å². The van der Waals surface area contributed by atoms with Gasteiger partial charge in [0, 0.05) is 13.6 Å². The monoisotopic (exact) mass is 262 g/mol. The number of aromatic nitrogens is 2. The predicted octanol–water partition coefficient (Wildman–Crippen LogP) is 2.97. The largest absolute Gasteiger partial charge is 0.394 e. The van der Waals surface area contributed by atoms with Crippen molar-refractivity contribution in [3.05, 3.63) is 5.69 Å². The van der Waals surface area contributed by atoms with Gasteiger partial charge in [-0.3, -0.25) is 4.68 Å². The molecular weight excluding hydrogens is 236 g/mol. The minimum absolute atomic E-state index is 0.379. The molecule has 2 aliphatic rings. The first kappa shape index (κ1) is 12.8. The van der Waals surface area contributed by atoms with Crippen molar-refractivity contribution >= 4 is 11.5 Å². The van der Waals surface area contributed by atoms with Crippen LogP contribution in [0, 0.1) is 17.8 Å². The van der Waals surface area contributed by atoms with Crippen molar-refractivity contribution in [2.45, 2.75) is 45.4 Å². The molecule has 2 fully saturated rings. The van der Waals surface area contributed by atoms with E-state index in [9.17, 15) is 0 Å². The maximum Gasteiger partial charge on any atom is 0.147 e. The van der Waals surface area contributed by atoms with Crippen molar-refractivity contribution in [1.29, 1.82) is 0 Å². The molecule has 1 aromatic rings. The average molecular weight is 262 g/mol. The van der Waals surface area contributed by atoms with E-state index in [1.165, 1.54) is 25.7 Å². The molecule has 4 nitrogen and oxygen atoms in total. The van der Waals surface area contributed by atoms with Gasteiger partial charge in [0.1, 0.15) is 5.82 Å². The highest BCUT2D eigenvalue weighted by Crippen LogP contribution is 2.49. The third kappa shape index (κ3) is 2.58. The molecule has 0 amide bonds. The normalized spacial score (nSPS) is 19.4. The fourth-order valence-electron chi connectivity index (χ4n) is 3.18. The Bertz CT molecular complexity index is 443. The maximum absolute atomic E-state index is 6.23. The molecule has 0 atom stereocenters. The highest BCUT2D eigenvalue weighted by atomic mass is 15.3. The van der Waals surface area contributed by atoms with Crippen molar-refractivity contribution in [3.8, 4) is 0 Å². The molecule has 0 bridgehead atoms. The topological polar surface area (TPSA) is 55.9 Å². The Morgan fingerprint density at radius 2 is 1.84 bits per heavy atom. The van der Waals surface area contributed by atoms with Gasteiger partial charge in [0.25, 0.3) is 0 Å². The zero-order valence-electron chi connectivity index (χ0n) is 12.3. The van der Waals surface area contributed by atoms with Crippen molar-refractivity contribution < 1.29 is 0 Å². The van der Waals surface area contributed by atoms with E-state index in [4.69, 9.17) is 5.73 Å². The van der Waals surface area contributed by atoms with Crippen LogP contribution >= 0.6 is 0 Å². The number of nitrogen functional groups attached to an aromatic ring is 1. The SMILES string of the molecule is CC(C)c1nn(C)c(NCC(C2CC2)C2CC2)c1N. The summed E-state index contributed by atoms with van der Waals surface area (Å²) in [5.41, 5.74) is 8.08. The number of rotatable bonds is 6. The van der Waals surface area contributed by atoms with Crippen molar-refractivity contribution in [1.82, 2.24) is 9.78 Å². The van der Waals surface area contributed by atoms with Crippen LogP contribution in [0.1, 0.15) is 51.1 Å². The van der Waals surface area contributed by atoms with Crippen LogP contribution in [0.25, 0.3) is 0 Å². The molecule has 19 heavy (non-hydrogen) atoms. The van der Waals surface area contributed by atoms with Gasteiger partial charge in [0.05, 0.1) is 11.4 Å². The van der Waals surface area contributed by atoms with Gasteiger partial charge >= 0.3 is 0 Å². The standard InChI is InChI=1S/C15H26N4/c1-9(2)14-13(16)15(19(3)18-14)17-8-12(10-4-5-10)11-6-7-11/h9-12,17H,4-8,16H2,1-3H3. The van der Waals surface area contributed by atoms with Gasteiger partial charge in [-0.15, -0.1) is 0 Å². The fraction of sp³-hybridized carbons (Fsp3) is 0.800. The first-order chi connectivity index (χ1) is 9.08. The number of nitrogens with one attached hydrogen (secondary N) is 1. The lowest BCUT2D eigenvalue weighted by Gasteiger charge is -2.17. The zero-order chi connectivity index (χ0) is 13.6. The number of nitrogens with two attached hydrogens (primary N) is 1. The number of hydrogen-bond donors (Lipinski definition) is 2. The summed E-state index contributed by atoms with van der Waals surface area (Å²) in [4.78, 5) is 0. The van der Waals surface area contributed by atoms with Gasteiger partial charge in [0.15, 0.2) is 0 Å². The summed E-state index contributed by atoms with van der Waals surface area (Å²) in [5.74, 6) is 4.19. The summed E-state index contributed by atoms with van der Waals surface area (Å²) in [6, 6.07) is 0. The van der Waals surface area contributed by atoms with Gasteiger partial charge in [-0.05, 0) is 49.4 Å². The third-order valence-corrected chi connectivity index (χ3v) is 4.62. The summed E-state index contributed by atoms with van der Waals surface area (Å²) in [6.07, 6.45) is 5.73. The molecule has 2 aliphatic carbocycles. The Kier molecular flexibility index (Phi) is 3.19. The second-order valence-corrected chi connectivity index (χ2v) is 6.65. The van der Waals surface area contributed by atoms with E-state index < -0.39 is 0 Å². The number of aryl methyl sites for hydroxylation is 1. The van der Waals surface area contributed by atoms with E-state index in [2.05, 4.69) is 24.3 Å². The van der Waals surface area contributed by atoms with Crippen molar-refractivity contribution in [2.24, 2.45) is 24.8 Å². The van der Waals surface area contributed by atoms with Crippen LogP contribution in [-0.2, 0) is 7.05 Å². The number of hydrogen-bond acceptors (Lipinski definition) is 3. The number of anilines is 2. The van der Waals surface area contributed by atoms with Gasteiger partial charge < -0.3 is 11.1 Å². The van der Waals surface area contributed by atoms with Gasteiger partial charge in [-0.1, -0.05) is 13.8 Å². The molecule has 2 saturated carbocycles. The lowest BCUT2D eigenvalue weighted by Crippen LogP contribution is -2.20. The molecule has 0 aliphatic heterocycles. The second kappa shape index (κ2) is 4.73. The first-order valence-electron chi connectivity index (χ1n) is 7.64. The molecule has 0 saturated heterocycles. The second-order valence-electron chi connectivity index (χ2n) is 6.65. The molecule has 0 aromatic carbocycles. The molecule has 1 aromatic heterocycles. The van der Waals surface area contributed by atoms with Crippen LogP contribution in [0.3, 0.4) is 0 Å². The Morgan fingerprint density at radius 3 is 2.26 bits per heavy atom. The van der Waals surface area contributed by atoms with E-state index in [1.54, 1.807) is 0 Å². The van der Waals surface area contributed by atoms with Crippen molar-refractivity contribution in [3.63, 3.8) is 0 Å². The minimum atomic E-state index is 0.379. The molecular formula is C15H26N4. The van der Waals surface area contributed by atoms with Crippen LogP contribution < -0.4 is 11.1 Å². The minimum Gasteiger partial charge on any atom is -0.394 e. The van der Waals surface area contributed by atoms with E-state index in [0.29, 0.717) is 5.92 Å². The lowest BCUT2D eigenvalue weighted by molar-refractivity contribution is 0.427. The van der Waals surface area contributed by atoms with Gasteiger partial charge in [-0.2, -0.15) is 5.10 Å². The van der Waals surface area contributed by atoms with Crippen LogP contribution in [-0.4, -0.2) is 16.3 Å². The molecule has 0 radical (unpaired) electrons. The smallest absolute Gasteiger partial charge is 0.147 e. The Labute approximate surface area is 115 Å². The lowest BCUT2D eigenvalue weighted by atomic mass is 9.98. The molecule has 3 rings (SSSR count). The fourth-order valence-corrected chi connectivity index (χ4v) is 3.18. The molecule has 0 unspecified atom stereocenters. The summed E-state index contributed by atoms with van der Waals surface area (Å²) in [6.45, 7) is 5.34. The molecule has 106 valence electrons. The highest BCUT2D eigenvalue weighted by Gasteiger charge is 2.41. The van der Waals surface area contributed by atoms with Crippen LogP contribution in [0.2, 0.25) is 0 Å². The summed E-state index contributed by atoms with van der Waals surface area (Å²) < 4.78 is 1.90. The Balaban J connectivity index is 1.68. The Morgan fingerprint density at radius 1 is 1.26 bits per heavy atom. The van der Waals surface area contributed by atoms with E-state index in [1.807, 2.05) is 11.7 Å². The van der Waals surface area contributed by atoms with Gasteiger partial charge in [-0.25, -0.2) is 0 Å². The van der Waals surface area contributed by atoms with E-state index >= 15 is 0 Å². The predicted molar refractivity (Wildman–Crippen MR) is 79.1 cm³/mol. The Hall–Kier alpha value is -1.19. The number of nitrogens with zero attached hydrogens (tertiary/aromatic N) is 2. The van der Waals surface area contributed by atoms with Gasteiger partial charge in [0.2, 0.25) is 0 Å².